The standard InChI is InChI=1S/C84H60N2.C34H27N.C16H8Br2/c1-49-17-15-19-53(41-49)85(55-33-37-75-71(43-55)73-45-67-61-25-11-7-21-57(61)59-23-9-13-27-63(59)69(67)47-77(73)83(75,3)4)79-39-31-51-30-36-66-80(40-32-52-29-35-65(79)81(51)82(52)66)86(54-20-16-18-50(2)42-54)56-34-38-76-72(44-56)74-46-68-62-26-12-8-22-58(62)60-24-10-14-28-64(60)70(68)48-78(74)84(76,5)6;1-21-9-8-10-22(17-21)35-23-15-16-32-30(18-23)31-19-28-26-13-6-4-11-24(26)25-12-5-7-14-27(25)29(28)20-33(31)34(32,2)3;17-13-8-4-10-2-6-12-14(18)7-3-9-1-5-11(13)16(10)15(9)12/h7-48H,1-6H3;4-20,35H,1-3H3;1-8H. The normalized spacial score (nSPS) is 13.6. The van der Waals surface area contributed by atoms with Crippen molar-refractivity contribution in [3.05, 3.63) is 465 Å². The van der Waals surface area contributed by atoms with Gasteiger partial charge in [0.15, 0.2) is 0 Å². The van der Waals surface area contributed by atoms with Crippen LogP contribution in [0.15, 0.2) is 415 Å². The summed E-state index contributed by atoms with van der Waals surface area (Å²) in [6.45, 7) is 20.9. The van der Waals surface area contributed by atoms with Gasteiger partial charge in [0.05, 0.1) is 11.4 Å². The summed E-state index contributed by atoms with van der Waals surface area (Å²) in [5.41, 5.74) is 28.6. The largest absolute Gasteiger partial charge is 0.356 e. The van der Waals surface area contributed by atoms with E-state index in [9.17, 15) is 0 Å². The fourth-order valence-corrected chi connectivity index (χ4v) is 25.9. The highest BCUT2D eigenvalue weighted by atomic mass is 79.9. The number of fused-ring (bicyclic) bond motifs is 27. The zero-order valence-corrected chi connectivity index (χ0v) is 82.0. The number of benzene rings is 26. The average Bonchev–Trinajstić information content (AvgIpc) is 1.57. The number of rotatable bonds is 8. The third kappa shape index (κ3) is 12.6. The van der Waals surface area contributed by atoms with E-state index in [1.165, 1.54) is 245 Å². The Hall–Kier alpha value is -15.5. The SMILES string of the molecule is Brc1ccc2ccc3c(Br)ccc4ccc1c2c43.Cc1cccc(N(c2ccc3c(c2)-c2cc4c5ccccc5c5ccccc5c4cc2C3(C)C)c2ccc3ccc4c(N(c5cccc(C)c5)c5ccc6c(c5)-c5cc7c8ccccc8c8ccccc8c7cc5C6(C)C)ccc5ccc2c3c54)c1.Cc1cccc(Nc2ccc3c(c2)-c2cc4c5ccccc5c5ccccc5c4cc2C3(C)C)c1. The molecule has 0 fully saturated rings. The Kier molecular flexibility index (Phi) is 18.5. The minimum Gasteiger partial charge on any atom is -0.356 e. The molecule has 0 unspecified atom stereocenters. The van der Waals surface area contributed by atoms with Crippen LogP contribution < -0.4 is 15.1 Å². The third-order valence-corrected chi connectivity index (χ3v) is 33.0. The van der Waals surface area contributed by atoms with Crippen molar-refractivity contribution >= 4 is 239 Å². The molecule has 3 aliphatic rings. The second-order valence-corrected chi connectivity index (χ2v) is 42.4. The Labute approximate surface area is 824 Å². The zero-order chi connectivity index (χ0) is 93.5. The van der Waals surface area contributed by atoms with Gasteiger partial charge < -0.3 is 15.1 Å². The summed E-state index contributed by atoms with van der Waals surface area (Å²) in [5.74, 6) is 0. The van der Waals surface area contributed by atoms with E-state index < -0.39 is 0 Å². The van der Waals surface area contributed by atoms with E-state index in [2.05, 4.69) is 516 Å². The van der Waals surface area contributed by atoms with Gasteiger partial charge in [0.2, 0.25) is 0 Å². The van der Waals surface area contributed by atoms with Crippen LogP contribution >= 0.6 is 31.9 Å². The first-order valence-corrected chi connectivity index (χ1v) is 50.2. The Balaban J connectivity index is 0.000000148. The Morgan fingerprint density at radius 1 is 0.187 bits per heavy atom. The van der Waals surface area contributed by atoms with Crippen LogP contribution in [0.2, 0.25) is 0 Å². The lowest BCUT2D eigenvalue weighted by molar-refractivity contribution is 0.661. The molecule has 5 heteroatoms. The number of halogens is 2. The van der Waals surface area contributed by atoms with Gasteiger partial charge in [-0.1, -0.05) is 346 Å². The van der Waals surface area contributed by atoms with Gasteiger partial charge in [-0.05, 0) is 388 Å². The molecule has 0 radical (unpaired) electrons. The van der Waals surface area contributed by atoms with Crippen molar-refractivity contribution < 1.29 is 0 Å². The lowest BCUT2D eigenvalue weighted by Crippen LogP contribution is -2.16. The summed E-state index contributed by atoms with van der Waals surface area (Å²) in [4.78, 5) is 5.04. The molecule has 0 aliphatic heterocycles. The summed E-state index contributed by atoms with van der Waals surface area (Å²) in [6, 6.07) is 153. The van der Waals surface area contributed by atoms with E-state index in [-0.39, 0.29) is 16.2 Å². The van der Waals surface area contributed by atoms with Crippen LogP contribution in [-0.4, -0.2) is 0 Å². The molecule has 660 valence electrons. The van der Waals surface area contributed by atoms with Crippen molar-refractivity contribution in [2.24, 2.45) is 0 Å². The number of anilines is 8. The van der Waals surface area contributed by atoms with Gasteiger partial charge in [0.25, 0.3) is 0 Å². The molecule has 3 nitrogen and oxygen atoms in total. The predicted octanol–water partition coefficient (Wildman–Crippen LogP) is 39.3. The second-order valence-electron chi connectivity index (χ2n) is 40.7. The summed E-state index contributed by atoms with van der Waals surface area (Å²) in [6.07, 6.45) is 0. The molecule has 0 saturated heterocycles. The lowest BCUT2D eigenvalue weighted by atomic mass is 9.81. The Bertz CT molecular complexity index is 9390. The number of nitrogens with one attached hydrogen (secondary N) is 1. The molecular weight excluding hydrogens is 1810 g/mol. The van der Waals surface area contributed by atoms with Gasteiger partial charge in [-0.15, -0.1) is 0 Å². The third-order valence-electron chi connectivity index (χ3n) is 31.6. The van der Waals surface area contributed by atoms with Crippen molar-refractivity contribution in [1.29, 1.82) is 0 Å². The van der Waals surface area contributed by atoms with Gasteiger partial charge in [-0.3, -0.25) is 0 Å². The van der Waals surface area contributed by atoms with Crippen LogP contribution in [0.1, 0.15) is 91.6 Å². The van der Waals surface area contributed by atoms with Gasteiger partial charge in [-0.2, -0.15) is 0 Å². The van der Waals surface area contributed by atoms with Gasteiger partial charge in [-0.25, -0.2) is 0 Å². The van der Waals surface area contributed by atoms with Gasteiger partial charge in [0.1, 0.15) is 0 Å². The Morgan fingerprint density at radius 2 is 0.446 bits per heavy atom. The van der Waals surface area contributed by atoms with Crippen molar-refractivity contribution in [3.63, 3.8) is 0 Å². The molecule has 139 heavy (non-hydrogen) atoms. The monoisotopic (exact) mass is 1900 g/mol. The molecule has 0 heterocycles. The molecule has 0 spiro atoms. The first kappa shape index (κ1) is 82.9. The maximum Gasteiger partial charge on any atom is 0.0540 e. The quantitative estimate of drug-likeness (QED) is 0.153. The van der Waals surface area contributed by atoms with E-state index in [1.807, 2.05) is 0 Å². The molecule has 1 N–H and O–H groups in total. The molecule has 0 bridgehead atoms. The van der Waals surface area contributed by atoms with E-state index in [1.54, 1.807) is 0 Å². The van der Waals surface area contributed by atoms with Crippen molar-refractivity contribution in [2.75, 3.05) is 15.1 Å². The van der Waals surface area contributed by atoms with Crippen molar-refractivity contribution in [2.45, 2.75) is 78.6 Å². The summed E-state index contributed by atoms with van der Waals surface area (Å²) < 4.78 is 2.31. The summed E-state index contributed by atoms with van der Waals surface area (Å²) in [5, 5.41) is 42.5. The highest BCUT2D eigenvalue weighted by Crippen LogP contribution is 2.59. The molecular formula is C134H95Br2N3. The minimum absolute atomic E-state index is 0.0481. The molecule has 0 atom stereocenters. The molecule has 26 aromatic carbocycles. The highest BCUT2D eigenvalue weighted by Gasteiger charge is 2.41. The highest BCUT2D eigenvalue weighted by molar-refractivity contribution is 9.11. The van der Waals surface area contributed by atoms with Crippen LogP contribution in [0.5, 0.6) is 0 Å². The van der Waals surface area contributed by atoms with E-state index in [0.717, 1.165) is 54.4 Å². The van der Waals surface area contributed by atoms with Gasteiger partial charge in [0, 0.05) is 70.1 Å². The molecule has 0 saturated carbocycles. The summed E-state index contributed by atoms with van der Waals surface area (Å²) in [7, 11) is 0. The van der Waals surface area contributed by atoms with Crippen LogP contribution in [0.4, 0.5) is 45.5 Å². The predicted molar refractivity (Wildman–Crippen MR) is 606 cm³/mol. The molecule has 26 aromatic rings. The lowest BCUT2D eigenvalue weighted by Gasteiger charge is -2.30. The second kappa shape index (κ2) is 31.0. The number of hydrogen-bond donors (Lipinski definition) is 1. The first-order valence-electron chi connectivity index (χ1n) is 48.6. The first-order chi connectivity index (χ1) is 67.7. The van der Waals surface area contributed by atoms with Crippen LogP contribution in [-0.2, 0) is 16.2 Å². The van der Waals surface area contributed by atoms with E-state index >= 15 is 0 Å². The van der Waals surface area contributed by atoms with Crippen LogP contribution in [0.3, 0.4) is 0 Å². The van der Waals surface area contributed by atoms with Crippen LogP contribution in [0, 0.1) is 20.8 Å². The van der Waals surface area contributed by atoms with Crippen LogP contribution in [0.25, 0.3) is 195 Å². The molecule has 0 aromatic heterocycles. The number of aryl methyl sites for hydroxylation is 3. The van der Waals surface area contributed by atoms with E-state index in [4.69, 9.17) is 0 Å². The van der Waals surface area contributed by atoms with E-state index in [0.29, 0.717) is 0 Å². The summed E-state index contributed by atoms with van der Waals surface area (Å²) >= 11 is 7.30. The fourth-order valence-electron chi connectivity index (χ4n) is 24.9. The molecule has 0 amide bonds. The molecule has 29 rings (SSSR count). The Morgan fingerprint density at radius 3 is 0.784 bits per heavy atom. The number of hydrogen-bond acceptors (Lipinski definition) is 3. The average molecular weight is 1910 g/mol. The fraction of sp³-hybridized carbons (Fsp3) is 0.0896. The smallest absolute Gasteiger partial charge is 0.0540 e. The topological polar surface area (TPSA) is 18.5 Å². The van der Waals surface area contributed by atoms with Gasteiger partial charge >= 0.3 is 0 Å². The minimum atomic E-state index is -0.198. The number of nitrogens with zero attached hydrogens (tertiary/aromatic N) is 2. The molecule has 3 aliphatic carbocycles. The maximum absolute atomic E-state index is 3.65. The van der Waals surface area contributed by atoms with Crippen molar-refractivity contribution in [1.82, 2.24) is 0 Å². The van der Waals surface area contributed by atoms with Crippen molar-refractivity contribution in [3.8, 4) is 33.4 Å². The maximum atomic E-state index is 3.65. The zero-order valence-electron chi connectivity index (χ0n) is 78.8.